The van der Waals surface area contributed by atoms with Crippen molar-refractivity contribution >= 4 is 38.6 Å². The van der Waals surface area contributed by atoms with Crippen molar-refractivity contribution in [1.82, 2.24) is 15.3 Å². The number of aromatic amines is 1. The van der Waals surface area contributed by atoms with Gasteiger partial charge in [0.2, 0.25) is 5.91 Å². The molecule has 26 heavy (non-hydrogen) atoms. The molecule has 2 aromatic carbocycles. The highest BCUT2D eigenvalue weighted by Gasteiger charge is 2.15. The number of hydrogen-bond acceptors (Lipinski definition) is 4. The lowest BCUT2D eigenvalue weighted by atomic mass is 10.1. The van der Waals surface area contributed by atoms with E-state index < -0.39 is 0 Å². The van der Waals surface area contributed by atoms with E-state index in [2.05, 4.69) is 36.5 Å². The first-order valence-corrected chi connectivity index (χ1v) is 9.32. The number of benzene rings is 2. The number of ether oxygens (including phenoxy) is 1. The van der Waals surface area contributed by atoms with Gasteiger partial charge >= 0.3 is 0 Å². The van der Waals surface area contributed by atoms with Crippen LogP contribution in [0.1, 0.15) is 17.2 Å². The molecule has 0 spiro atoms. The van der Waals surface area contributed by atoms with Crippen LogP contribution in [0.15, 0.2) is 47.2 Å². The maximum Gasteiger partial charge on any atom is 0.228 e. The second-order valence-electron chi connectivity index (χ2n) is 6.27. The van der Waals surface area contributed by atoms with Gasteiger partial charge in [-0.15, -0.1) is 0 Å². The molecule has 7 heteroatoms. The summed E-state index contributed by atoms with van der Waals surface area (Å²) in [7, 11) is 0. The first kappa shape index (κ1) is 17.2. The zero-order valence-electron chi connectivity index (χ0n) is 14.1. The zero-order chi connectivity index (χ0) is 17.9. The molecule has 3 N–H and O–H groups in total. The molecular formula is C19H19BrN4O2. The van der Waals surface area contributed by atoms with Gasteiger partial charge < -0.3 is 20.4 Å². The third-order valence-electron chi connectivity index (χ3n) is 4.43. The van der Waals surface area contributed by atoms with Crippen molar-refractivity contribution in [1.29, 1.82) is 0 Å². The van der Waals surface area contributed by atoms with Gasteiger partial charge in [-0.25, -0.2) is 4.98 Å². The van der Waals surface area contributed by atoms with Gasteiger partial charge in [-0.1, -0.05) is 28.1 Å². The third kappa shape index (κ3) is 3.80. The van der Waals surface area contributed by atoms with Crippen LogP contribution in [-0.2, 0) is 16.0 Å². The fourth-order valence-corrected chi connectivity index (χ4v) is 3.55. The van der Waals surface area contributed by atoms with E-state index in [1.54, 1.807) is 6.33 Å². The molecule has 1 fully saturated rings. The fraction of sp³-hybridized carbons (Fsp3) is 0.263. The van der Waals surface area contributed by atoms with E-state index in [1.807, 2.05) is 36.4 Å². The van der Waals surface area contributed by atoms with Crippen LogP contribution in [0.25, 0.3) is 11.0 Å². The van der Waals surface area contributed by atoms with E-state index in [9.17, 15) is 4.79 Å². The average Bonchev–Trinajstić information content (AvgIpc) is 3.10. The second-order valence-corrected chi connectivity index (χ2v) is 7.13. The molecule has 1 unspecified atom stereocenters. The quantitative estimate of drug-likeness (QED) is 0.612. The number of fused-ring (bicyclic) bond motifs is 1. The predicted octanol–water partition coefficient (Wildman–Crippen LogP) is 3.17. The van der Waals surface area contributed by atoms with Crippen LogP contribution in [0.2, 0.25) is 0 Å². The van der Waals surface area contributed by atoms with Gasteiger partial charge in [-0.3, -0.25) is 4.79 Å². The summed E-state index contributed by atoms with van der Waals surface area (Å²) in [5.74, 6) is -0.0621. The lowest BCUT2D eigenvalue weighted by molar-refractivity contribution is -0.115. The van der Waals surface area contributed by atoms with Crippen molar-refractivity contribution in [2.75, 3.05) is 25.0 Å². The van der Waals surface area contributed by atoms with E-state index in [1.165, 1.54) is 0 Å². The average molecular weight is 415 g/mol. The number of hydrogen-bond donors (Lipinski definition) is 3. The van der Waals surface area contributed by atoms with Gasteiger partial charge in [0.1, 0.15) is 0 Å². The molecule has 0 aliphatic carbocycles. The number of H-pyrrole nitrogens is 1. The highest BCUT2D eigenvalue weighted by atomic mass is 79.9. The van der Waals surface area contributed by atoms with E-state index in [4.69, 9.17) is 4.74 Å². The van der Waals surface area contributed by atoms with Gasteiger partial charge in [0, 0.05) is 23.2 Å². The zero-order valence-corrected chi connectivity index (χ0v) is 15.7. The Morgan fingerprint density at radius 1 is 1.31 bits per heavy atom. The summed E-state index contributed by atoms with van der Waals surface area (Å²) in [5, 5.41) is 6.26. The molecule has 1 aliphatic rings. The van der Waals surface area contributed by atoms with Crippen LogP contribution in [-0.4, -0.2) is 35.6 Å². The normalized spacial score (nSPS) is 17.3. The molecule has 0 saturated carbocycles. The molecule has 1 saturated heterocycles. The lowest BCUT2D eigenvalue weighted by Gasteiger charge is -2.24. The van der Waals surface area contributed by atoms with E-state index in [0.717, 1.165) is 52.0 Å². The van der Waals surface area contributed by atoms with Gasteiger partial charge in [-0.2, -0.15) is 0 Å². The Morgan fingerprint density at radius 2 is 2.15 bits per heavy atom. The van der Waals surface area contributed by atoms with Crippen LogP contribution in [0.4, 0.5) is 5.69 Å². The van der Waals surface area contributed by atoms with Crippen molar-refractivity contribution < 1.29 is 9.53 Å². The lowest BCUT2D eigenvalue weighted by Crippen LogP contribution is -2.33. The molecule has 4 rings (SSSR count). The fourth-order valence-electron chi connectivity index (χ4n) is 3.08. The number of aromatic nitrogens is 2. The van der Waals surface area contributed by atoms with Crippen molar-refractivity contribution in [3.8, 4) is 0 Å². The largest absolute Gasteiger partial charge is 0.371 e. The summed E-state index contributed by atoms with van der Waals surface area (Å²) in [4.78, 5) is 19.7. The van der Waals surface area contributed by atoms with Crippen LogP contribution >= 0.6 is 15.9 Å². The number of halogens is 1. The molecule has 1 atom stereocenters. The smallest absolute Gasteiger partial charge is 0.228 e. The number of carbonyl (C=O) groups is 1. The summed E-state index contributed by atoms with van der Waals surface area (Å²) in [6.07, 6.45) is 2.01. The van der Waals surface area contributed by atoms with E-state index in [-0.39, 0.29) is 18.4 Å². The minimum Gasteiger partial charge on any atom is -0.371 e. The summed E-state index contributed by atoms with van der Waals surface area (Å²) in [6, 6.07) is 11.7. The van der Waals surface area contributed by atoms with Gasteiger partial charge in [0.05, 0.1) is 36.5 Å². The number of anilines is 1. The first-order valence-electron chi connectivity index (χ1n) is 8.53. The number of morpholine rings is 1. The van der Waals surface area contributed by atoms with Crippen LogP contribution in [0.3, 0.4) is 0 Å². The molecule has 3 aromatic rings. The standard InChI is InChI=1S/C19H19BrN4O2/c20-15-9-17-16(22-11-23-17)7-13(15)8-19(25)24-14-3-1-12(2-4-14)18-10-21-5-6-26-18/h1-4,7,9,11,18,21H,5-6,8,10H2,(H,22,23)(H,24,25). The Kier molecular flexibility index (Phi) is 5.01. The Labute approximate surface area is 159 Å². The highest BCUT2D eigenvalue weighted by Crippen LogP contribution is 2.24. The maximum atomic E-state index is 12.4. The van der Waals surface area contributed by atoms with Crippen molar-refractivity contribution in [3.05, 3.63) is 58.3 Å². The first-order chi connectivity index (χ1) is 12.7. The monoisotopic (exact) mass is 414 g/mol. The molecule has 6 nitrogen and oxygen atoms in total. The number of rotatable bonds is 4. The Bertz CT molecular complexity index is 917. The molecule has 2 heterocycles. The highest BCUT2D eigenvalue weighted by molar-refractivity contribution is 9.10. The number of nitrogens with zero attached hydrogens (tertiary/aromatic N) is 1. The molecule has 1 aliphatic heterocycles. The Hall–Kier alpha value is -2.22. The minimum atomic E-state index is -0.0621. The molecule has 1 amide bonds. The molecule has 1 aromatic heterocycles. The van der Waals surface area contributed by atoms with Crippen LogP contribution < -0.4 is 10.6 Å². The van der Waals surface area contributed by atoms with Crippen LogP contribution in [0, 0.1) is 0 Å². The summed E-state index contributed by atoms with van der Waals surface area (Å²) in [5.41, 5.74) is 4.60. The second kappa shape index (κ2) is 7.57. The number of nitrogens with one attached hydrogen (secondary N) is 3. The van der Waals surface area contributed by atoms with E-state index in [0.29, 0.717) is 0 Å². The number of imidazole rings is 1. The topological polar surface area (TPSA) is 79.0 Å². The Morgan fingerprint density at radius 3 is 2.92 bits per heavy atom. The van der Waals surface area contributed by atoms with Crippen LogP contribution in [0.5, 0.6) is 0 Å². The molecule has 0 bridgehead atoms. The number of amides is 1. The van der Waals surface area contributed by atoms with Crippen molar-refractivity contribution in [3.63, 3.8) is 0 Å². The maximum absolute atomic E-state index is 12.4. The SMILES string of the molecule is O=C(Cc1cc2[nH]cnc2cc1Br)Nc1ccc(C2CNCCO2)cc1. The predicted molar refractivity (Wildman–Crippen MR) is 104 cm³/mol. The summed E-state index contributed by atoms with van der Waals surface area (Å²) >= 11 is 3.52. The minimum absolute atomic E-state index is 0.0621. The molecule has 0 radical (unpaired) electrons. The van der Waals surface area contributed by atoms with Crippen molar-refractivity contribution in [2.24, 2.45) is 0 Å². The summed E-state index contributed by atoms with van der Waals surface area (Å²) in [6.45, 7) is 2.43. The van der Waals surface area contributed by atoms with Gasteiger partial charge in [0.15, 0.2) is 0 Å². The molecular weight excluding hydrogens is 396 g/mol. The molecule has 134 valence electrons. The Balaban J connectivity index is 1.41. The third-order valence-corrected chi connectivity index (χ3v) is 5.17. The van der Waals surface area contributed by atoms with Crippen molar-refractivity contribution in [2.45, 2.75) is 12.5 Å². The number of carbonyl (C=O) groups excluding carboxylic acids is 1. The van der Waals surface area contributed by atoms with Gasteiger partial charge in [0.25, 0.3) is 0 Å². The van der Waals surface area contributed by atoms with Gasteiger partial charge in [-0.05, 0) is 35.4 Å². The van der Waals surface area contributed by atoms with E-state index >= 15 is 0 Å². The summed E-state index contributed by atoms with van der Waals surface area (Å²) < 4.78 is 6.62.